The van der Waals surface area contributed by atoms with Crippen molar-refractivity contribution in [1.29, 1.82) is 0 Å². The lowest BCUT2D eigenvalue weighted by atomic mass is 9.99. The van der Waals surface area contributed by atoms with Gasteiger partial charge in [0.15, 0.2) is 9.84 Å². The van der Waals surface area contributed by atoms with Crippen molar-refractivity contribution in [3.63, 3.8) is 0 Å². The zero-order chi connectivity index (χ0) is 22.3. The molecule has 1 atom stereocenters. The first-order chi connectivity index (χ1) is 14.7. The zero-order valence-electron chi connectivity index (χ0n) is 17.8. The molecule has 2 aromatic carbocycles. The van der Waals surface area contributed by atoms with E-state index < -0.39 is 9.84 Å². The van der Waals surface area contributed by atoms with Gasteiger partial charge in [-0.05, 0) is 38.0 Å². The smallest absolute Gasteiger partial charge is 0.275 e. The summed E-state index contributed by atoms with van der Waals surface area (Å²) in [5.41, 5.74) is 3.31. The Balaban J connectivity index is 1.77. The fourth-order valence-corrected chi connectivity index (χ4v) is 5.83. The minimum absolute atomic E-state index is 0.0387. The number of rotatable bonds is 4. The first kappa shape index (κ1) is 21.2. The minimum atomic E-state index is -3.11. The van der Waals surface area contributed by atoms with Gasteiger partial charge in [-0.3, -0.25) is 9.59 Å². The Bertz CT molecular complexity index is 1340. The number of benzene rings is 2. The molecule has 0 saturated carbocycles. The van der Waals surface area contributed by atoms with Gasteiger partial charge in [-0.25, -0.2) is 13.1 Å². The summed E-state index contributed by atoms with van der Waals surface area (Å²) in [6, 6.07) is 12.9. The molecule has 1 unspecified atom stereocenters. The zero-order valence-corrected chi connectivity index (χ0v) is 18.6. The van der Waals surface area contributed by atoms with Crippen molar-refractivity contribution >= 4 is 26.5 Å². The third-order valence-electron chi connectivity index (χ3n) is 5.95. The molecule has 8 heteroatoms. The molecule has 1 amide bonds. The van der Waals surface area contributed by atoms with Gasteiger partial charge in [0.2, 0.25) is 5.91 Å². The molecule has 162 valence electrons. The van der Waals surface area contributed by atoms with Crippen LogP contribution in [0.3, 0.4) is 0 Å². The number of sulfone groups is 1. The number of aryl methyl sites for hydroxylation is 2. The summed E-state index contributed by atoms with van der Waals surface area (Å²) in [6.07, 6.45) is 0.415. The highest BCUT2D eigenvalue weighted by atomic mass is 32.2. The van der Waals surface area contributed by atoms with E-state index in [0.717, 1.165) is 22.1 Å². The summed E-state index contributed by atoms with van der Waals surface area (Å²) in [5, 5.41) is 5.82. The molecule has 4 rings (SSSR count). The molecule has 1 aliphatic heterocycles. The van der Waals surface area contributed by atoms with Crippen LogP contribution in [0.5, 0.6) is 0 Å². The van der Waals surface area contributed by atoms with E-state index in [1.54, 1.807) is 19.2 Å². The van der Waals surface area contributed by atoms with Crippen LogP contribution in [-0.4, -0.2) is 53.6 Å². The monoisotopic (exact) mass is 439 g/mol. The average molecular weight is 440 g/mol. The van der Waals surface area contributed by atoms with Crippen LogP contribution < -0.4 is 5.56 Å². The van der Waals surface area contributed by atoms with E-state index >= 15 is 0 Å². The van der Waals surface area contributed by atoms with Crippen molar-refractivity contribution in [2.24, 2.45) is 0 Å². The predicted molar refractivity (Wildman–Crippen MR) is 121 cm³/mol. The minimum Gasteiger partial charge on any atom is -0.340 e. The number of hydrogen-bond acceptors (Lipinski definition) is 5. The molecule has 0 N–H and O–H groups in total. The van der Waals surface area contributed by atoms with Crippen LogP contribution in [0.2, 0.25) is 0 Å². The Morgan fingerprint density at radius 1 is 1.16 bits per heavy atom. The number of hydrogen-bond donors (Lipinski definition) is 0. The number of carbonyl (C=O) groups is 1. The molecule has 2 heterocycles. The first-order valence-corrected chi connectivity index (χ1v) is 12.0. The van der Waals surface area contributed by atoms with Crippen molar-refractivity contribution in [3.05, 3.63) is 63.9 Å². The van der Waals surface area contributed by atoms with Crippen LogP contribution in [0.25, 0.3) is 22.0 Å². The summed E-state index contributed by atoms with van der Waals surface area (Å²) in [5.74, 6) is -0.289. The summed E-state index contributed by atoms with van der Waals surface area (Å²) in [6.45, 7) is 3.74. The predicted octanol–water partition coefficient (Wildman–Crippen LogP) is 2.33. The summed E-state index contributed by atoms with van der Waals surface area (Å²) >= 11 is 0. The molecular weight excluding hydrogens is 414 g/mol. The lowest BCUT2D eigenvalue weighted by Crippen LogP contribution is -2.41. The van der Waals surface area contributed by atoms with Crippen LogP contribution in [0.1, 0.15) is 17.5 Å². The topological polar surface area (TPSA) is 89.3 Å². The molecule has 0 bridgehead atoms. The maximum absolute atomic E-state index is 13.1. The molecule has 1 saturated heterocycles. The number of fused-ring (bicyclic) bond motifs is 1. The van der Waals surface area contributed by atoms with Crippen molar-refractivity contribution in [1.82, 2.24) is 14.7 Å². The van der Waals surface area contributed by atoms with E-state index in [1.807, 2.05) is 44.2 Å². The number of carbonyl (C=O) groups excluding carboxylic acids is 1. The third kappa shape index (κ3) is 4.12. The highest BCUT2D eigenvalue weighted by Gasteiger charge is 2.33. The van der Waals surface area contributed by atoms with Crippen molar-refractivity contribution < 1.29 is 13.2 Å². The van der Waals surface area contributed by atoms with Crippen molar-refractivity contribution in [3.8, 4) is 11.3 Å². The quantitative estimate of drug-likeness (QED) is 0.622. The highest BCUT2D eigenvalue weighted by Crippen LogP contribution is 2.28. The van der Waals surface area contributed by atoms with Crippen molar-refractivity contribution in [2.75, 3.05) is 18.6 Å². The normalized spacial score (nSPS) is 17.7. The second kappa shape index (κ2) is 7.92. The van der Waals surface area contributed by atoms with E-state index in [4.69, 9.17) is 0 Å². The Morgan fingerprint density at radius 2 is 1.87 bits per heavy atom. The number of amides is 1. The van der Waals surface area contributed by atoms with Gasteiger partial charge in [-0.15, -0.1) is 0 Å². The summed E-state index contributed by atoms with van der Waals surface area (Å²) in [7, 11) is -1.52. The van der Waals surface area contributed by atoms with Crippen LogP contribution >= 0.6 is 0 Å². The standard InChI is InChI=1S/C23H25N3O4S/c1-15-8-9-16(2)20(12-15)22-18-6-4-5-7-19(18)23(28)26(24-22)13-21(27)25(3)17-10-11-31(29,30)14-17/h4-9,12,17H,10-11,13-14H2,1-3H3. The number of aromatic nitrogens is 2. The molecule has 0 aliphatic carbocycles. The van der Waals surface area contributed by atoms with Gasteiger partial charge in [0.25, 0.3) is 5.56 Å². The molecule has 7 nitrogen and oxygen atoms in total. The van der Waals surface area contributed by atoms with Crippen LogP contribution in [0.15, 0.2) is 47.3 Å². The molecule has 31 heavy (non-hydrogen) atoms. The van der Waals surface area contributed by atoms with Crippen molar-refractivity contribution in [2.45, 2.75) is 32.9 Å². The fourth-order valence-electron chi connectivity index (χ4n) is 4.06. The number of likely N-dealkylation sites (N-methyl/N-ethyl adjacent to an activating group) is 1. The van der Waals surface area contributed by atoms with Gasteiger partial charge >= 0.3 is 0 Å². The van der Waals surface area contributed by atoms with Gasteiger partial charge in [0, 0.05) is 24.0 Å². The third-order valence-corrected chi connectivity index (χ3v) is 7.70. The van der Waals surface area contributed by atoms with Crippen LogP contribution in [-0.2, 0) is 21.2 Å². The lowest BCUT2D eigenvalue weighted by molar-refractivity contribution is -0.132. The van der Waals surface area contributed by atoms with Gasteiger partial charge < -0.3 is 4.90 Å². The Labute approximate surface area is 181 Å². The van der Waals surface area contributed by atoms with E-state index in [-0.39, 0.29) is 35.6 Å². The molecule has 1 aliphatic rings. The van der Waals surface area contributed by atoms with E-state index in [0.29, 0.717) is 17.5 Å². The SMILES string of the molecule is Cc1ccc(C)c(-c2nn(CC(=O)N(C)C3CCS(=O)(=O)C3)c(=O)c3ccccc23)c1. The average Bonchev–Trinajstić information content (AvgIpc) is 3.11. The Kier molecular flexibility index (Phi) is 5.43. The van der Waals surface area contributed by atoms with Gasteiger partial charge in [-0.2, -0.15) is 5.10 Å². The van der Waals surface area contributed by atoms with Crippen LogP contribution in [0, 0.1) is 13.8 Å². The molecule has 0 spiro atoms. The number of nitrogens with zero attached hydrogens (tertiary/aromatic N) is 3. The van der Waals surface area contributed by atoms with Gasteiger partial charge in [-0.1, -0.05) is 35.9 Å². The van der Waals surface area contributed by atoms with Gasteiger partial charge in [0.05, 0.1) is 22.6 Å². The largest absolute Gasteiger partial charge is 0.340 e. The molecule has 1 aromatic heterocycles. The summed E-state index contributed by atoms with van der Waals surface area (Å²) in [4.78, 5) is 27.4. The fraction of sp³-hybridized carbons (Fsp3) is 0.348. The lowest BCUT2D eigenvalue weighted by Gasteiger charge is -2.23. The second-order valence-electron chi connectivity index (χ2n) is 8.24. The first-order valence-electron chi connectivity index (χ1n) is 10.2. The molecule has 3 aromatic rings. The Hall–Kier alpha value is -3.00. The molecule has 0 radical (unpaired) electrons. The molecular formula is C23H25N3O4S. The van der Waals surface area contributed by atoms with E-state index in [9.17, 15) is 18.0 Å². The Morgan fingerprint density at radius 3 is 2.55 bits per heavy atom. The van der Waals surface area contributed by atoms with Gasteiger partial charge in [0.1, 0.15) is 6.54 Å². The second-order valence-corrected chi connectivity index (χ2v) is 10.5. The maximum atomic E-state index is 13.1. The summed E-state index contributed by atoms with van der Waals surface area (Å²) < 4.78 is 24.8. The van der Waals surface area contributed by atoms with E-state index in [2.05, 4.69) is 5.10 Å². The van der Waals surface area contributed by atoms with E-state index in [1.165, 1.54) is 9.58 Å². The maximum Gasteiger partial charge on any atom is 0.275 e. The molecule has 1 fully saturated rings. The van der Waals surface area contributed by atoms with Crippen LogP contribution in [0.4, 0.5) is 0 Å². The highest BCUT2D eigenvalue weighted by molar-refractivity contribution is 7.91.